The maximum absolute atomic E-state index is 5.93. The number of pyridine rings is 2. The van der Waals surface area contributed by atoms with Gasteiger partial charge in [-0.05, 0) is 48.5 Å². The number of hydrogen-bond donors (Lipinski definition) is 2. The molecule has 0 unspecified atom stereocenters. The molecule has 4 aromatic rings. The summed E-state index contributed by atoms with van der Waals surface area (Å²) >= 11 is 17.6. The lowest BCUT2D eigenvalue weighted by atomic mass is 10.2. The van der Waals surface area contributed by atoms with Crippen molar-refractivity contribution >= 4 is 62.3 Å². The lowest BCUT2D eigenvalue weighted by molar-refractivity contribution is 1.30. The van der Waals surface area contributed by atoms with Gasteiger partial charge in [-0.3, -0.25) is 9.97 Å². The molecule has 0 saturated carbocycles. The molecule has 0 aliphatic heterocycles. The van der Waals surface area contributed by atoms with Crippen LogP contribution in [-0.2, 0) is 0 Å². The van der Waals surface area contributed by atoms with E-state index in [0.717, 1.165) is 27.5 Å². The first-order valence-electron chi connectivity index (χ1n) is 9.05. The van der Waals surface area contributed by atoms with E-state index >= 15 is 0 Å². The van der Waals surface area contributed by atoms with Crippen LogP contribution in [0.3, 0.4) is 0 Å². The zero-order valence-corrected chi connectivity index (χ0v) is 18.7. The highest BCUT2D eigenvalue weighted by atomic mass is 35.5. The Morgan fingerprint density at radius 1 is 0.806 bits per heavy atom. The third kappa shape index (κ3) is 7.33. The number of nitrogens with zero attached hydrogens (tertiary/aromatic N) is 2. The monoisotopic (exact) mass is 468 g/mol. The second kappa shape index (κ2) is 12.6. The van der Waals surface area contributed by atoms with E-state index in [1.807, 2.05) is 30.3 Å². The molecule has 31 heavy (non-hydrogen) atoms. The molecule has 0 atom stereocenters. The Labute approximate surface area is 196 Å². The van der Waals surface area contributed by atoms with E-state index in [4.69, 9.17) is 47.0 Å². The number of terminal acetylenes is 2. The van der Waals surface area contributed by atoms with Crippen LogP contribution in [0.2, 0.25) is 15.1 Å². The molecule has 0 amide bonds. The van der Waals surface area contributed by atoms with Crippen LogP contribution in [0.25, 0.3) is 21.8 Å². The van der Waals surface area contributed by atoms with E-state index in [-0.39, 0.29) is 0 Å². The first-order valence-corrected chi connectivity index (χ1v) is 10.2. The topological polar surface area (TPSA) is 63.8 Å². The Hall–Kier alpha value is -2.99. The number of nitrogens with two attached hydrogens (primary N) is 1. The van der Waals surface area contributed by atoms with Gasteiger partial charge in [0.2, 0.25) is 0 Å². The molecule has 2 heterocycles. The number of fused-ring (bicyclic) bond motifs is 2. The van der Waals surface area contributed by atoms with Crippen molar-refractivity contribution in [3.8, 4) is 24.7 Å². The van der Waals surface area contributed by atoms with Gasteiger partial charge in [0.25, 0.3) is 0 Å². The summed E-state index contributed by atoms with van der Waals surface area (Å²) in [7, 11) is 0. The average molecular weight is 470 g/mol. The van der Waals surface area contributed by atoms with Gasteiger partial charge < -0.3 is 11.1 Å². The highest BCUT2D eigenvalue weighted by Gasteiger charge is 2.01. The van der Waals surface area contributed by atoms with E-state index in [9.17, 15) is 0 Å². The molecule has 0 aliphatic carbocycles. The maximum Gasteiger partial charge on any atom is 0.0763 e. The SMILES string of the molecule is C#CCN.C#CCNc1ccnc2cc(Cl)ccc12.Clc1ccc2c(Cl)ccnc2c1. The van der Waals surface area contributed by atoms with Crippen LogP contribution in [0.5, 0.6) is 0 Å². The number of hydrogen-bond acceptors (Lipinski definition) is 4. The minimum atomic E-state index is 0.347. The van der Waals surface area contributed by atoms with Gasteiger partial charge in [-0.1, -0.05) is 46.6 Å². The predicted molar refractivity (Wildman–Crippen MR) is 134 cm³/mol. The fourth-order valence-electron chi connectivity index (χ4n) is 2.51. The summed E-state index contributed by atoms with van der Waals surface area (Å²) in [5, 5.41) is 7.16. The Bertz CT molecular complexity index is 1240. The van der Waals surface area contributed by atoms with Gasteiger partial charge in [-0.15, -0.1) is 12.8 Å². The Morgan fingerprint density at radius 2 is 1.35 bits per heavy atom. The molecule has 3 N–H and O–H groups in total. The van der Waals surface area contributed by atoms with Gasteiger partial charge >= 0.3 is 0 Å². The van der Waals surface area contributed by atoms with Gasteiger partial charge in [0.05, 0.1) is 29.1 Å². The number of halogens is 3. The first-order chi connectivity index (χ1) is 15.0. The predicted octanol–water partition coefficient (Wildman–Crippen LogP) is 6.05. The minimum Gasteiger partial charge on any atom is -0.374 e. The highest BCUT2D eigenvalue weighted by molar-refractivity contribution is 6.36. The summed E-state index contributed by atoms with van der Waals surface area (Å²) in [4.78, 5) is 8.37. The molecule has 2 aromatic carbocycles. The normalized spacial score (nSPS) is 9.48. The molecule has 4 rings (SSSR count). The van der Waals surface area contributed by atoms with Crippen LogP contribution in [0.1, 0.15) is 0 Å². The number of anilines is 1. The van der Waals surface area contributed by atoms with Crippen LogP contribution in [0.4, 0.5) is 5.69 Å². The van der Waals surface area contributed by atoms with Crippen molar-refractivity contribution in [2.45, 2.75) is 0 Å². The van der Waals surface area contributed by atoms with Crippen molar-refractivity contribution in [3.63, 3.8) is 0 Å². The van der Waals surface area contributed by atoms with E-state index < -0.39 is 0 Å². The lowest BCUT2D eigenvalue weighted by Crippen LogP contribution is -1.99. The minimum absolute atomic E-state index is 0.347. The largest absolute Gasteiger partial charge is 0.374 e. The molecule has 2 aromatic heterocycles. The fourth-order valence-corrected chi connectivity index (χ4v) is 3.06. The maximum atomic E-state index is 5.93. The van der Waals surface area contributed by atoms with Crippen LogP contribution < -0.4 is 11.1 Å². The van der Waals surface area contributed by atoms with Gasteiger partial charge in [0.1, 0.15) is 0 Å². The summed E-state index contributed by atoms with van der Waals surface area (Å²) in [5.74, 6) is 4.74. The van der Waals surface area contributed by atoms with Crippen LogP contribution >= 0.6 is 34.8 Å². The molecule has 4 nitrogen and oxygen atoms in total. The molecule has 0 radical (unpaired) electrons. The smallest absolute Gasteiger partial charge is 0.0763 e. The van der Waals surface area contributed by atoms with Crippen molar-refractivity contribution < 1.29 is 0 Å². The van der Waals surface area contributed by atoms with E-state index in [1.165, 1.54) is 0 Å². The molecule has 156 valence electrons. The van der Waals surface area contributed by atoms with Crippen LogP contribution in [0, 0.1) is 24.7 Å². The standard InChI is InChI=1S/C12H9ClN2.C9H5Cl2N.C3H5N/c1-2-6-14-11-5-7-15-12-8-9(13)3-4-10(11)12;10-6-1-2-7-8(11)3-4-12-9(7)5-6;1-2-3-4/h1,3-5,7-8H,6H2,(H,14,15);1-5H;1H,3-4H2. The first kappa shape index (κ1) is 24.3. The van der Waals surface area contributed by atoms with Crippen LogP contribution in [-0.4, -0.2) is 23.1 Å². The summed E-state index contributed by atoms with van der Waals surface area (Å²) in [6.07, 6.45) is 13.2. The molecular weight excluding hydrogens is 451 g/mol. The molecular formula is C24H19Cl3N4. The fraction of sp³-hybridized carbons (Fsp3) is 0.0833. The van der Waals surface area contributed by atoms with Crippen molar-refractivity contribution in [2.75, 3.05) is 18.4 Å². The summed E-state index contributed by atoms with van der Waals surface area (Å²) < 4.78 is 0. The number of benzene rings is 2. The zero-order chi connectivity index (χ0) is 22.6. The van der Waals surface area contributed by atoms with Crippen molar-refractivity contribution in [1.29, 1.82) is 0 Å². The van der Waals surface area contributed by atoms with Gasteiger partial charge in [0.15, 0.2) is 0 Å². The Morgan fingerprint density at radius 3 is 1.94 bits per heavy atom. The third-order valence-electron chi connectivity index (χ3n) is 3.86. The zero-order valence-electron chi connectivity index (χ0n) is 16.4. The van der Waals surface area contributed by atoms with Crippen molar-refractivity contribution in [2.24, 2.45) is 5.73 Å². The summed E-state index contributed by atoms with van der Waals surface area (Å²) in [6, 6.07) is 14.7. The molecule has 0 spiro atoms. The molecule has 0 saturated heterocycles. The summed E-state index contributed by atoms with van der Waals surface area (Å²) in [5.41, 5.74) is 7.47. The number of rotatable bonds is 2. The highest BCUT2D eigenvalue weighted by Crippen LogP contribution is 2.24. The second-order valence-corrected chi connectivity index (χ2v) is 7.22. The summed E-state index contributed by atoms with van der Waals surface area (Å²) in [6.45, 7) is 0.849. The van der Waals surface area contributed by atoms with E-state index in [2.05, 4.69) is 33.5 Å². The molecule has 0 aliphatic rings. The Kier molecular flexibility index (Phi) is 9.91. The van der Waals surface area contributed by atoms with Gasteiger partial charge in [-0.2, -0.15) is 0 Å². The number of nitrogens with one attached hydrogen (secondary N) is 1. The molecule has 7 heteroatoms. The quantitative estimate of drug-likeness (QED) is 0.351. The van der Waals surface area contributed by atoms with E-state index in [1.54, 1.807) is 30.6 Å². The van der Waals surface area contributed by atoms with Gasteiger partial charge in [-0.25, -0.2) is 0 Å². The number of aromatic nitrogens is 2. The molecule has 0 fully saturated rings. The van der Waals surface area contributed by atoms with E-state index in [0.29, 0.717) is 28.2 Å². The van der Waals surface area contributed by atoms with Gasteiger partial charge in [0, 0.05) is 38.9 Å². The third-order valence-corrected chi connectivity index (χ3v) is 4.65. The second-order valence-electron chi connectivity index (χ2n) is 5.94. The van der Waals surface area contributed by atoms with Crippen molar-refractivity contribution in [1.82, 2.24) is 9.97 Å². The van der Waals surface area contributed by atoms with Crippen LogP contribution in [0.15, 0.2) is 60.9 Å². The van der Waals surface area contributed by atoms with Crippen molar-refractivity contribution in [3.05, 3.63) is 76.0 Å². The Balaban J connectivity index is 0.000000192. The molecule has 0 bridgehead atoms. The lowest BCUT2D eigenvalue weighted by Gasteiger charge is -2.06. The average Bonchev–Trinajstić information content (AvgIpc) is 2.78.